The van der Waals surface area contributed by atoms with E-state index in [9.17, 15) is 9.18 Å². The molecule has 3 rings (SSSR count). The summed E-state index contributed by atoms with van der Waals surface area (Å²) >= 11 is 0. The molecule has 1 aromatic heterocycles. The summed E-state index contributed by atoms with van der Waals surface area (Å²) in [5, 5.41) is 4.96. The Bertz CT molecular complexity index is 629. The summed E-state index contributed by atoms with van der Waals surface area (Å²) in [5.41, 5.74) is 1.36. The highest BCUT2D eigenvalue weighted by Crippen LogP contribution is 2.38. The van der Waals surface area contributed by atoms with Gasteiger partial charge in [-0.05, 0) is 37.8 Å². The SMILES string of the molecule is COC(=O)[C@H]1CC[C@H](c2noc3cc(F)ccc32)CC1. The standard InChI is InChI=1S/C15H16FNO3/c1-19-15(18)10-4-2-9(3-5-10)14-12-7-6-11(16)8-13(12)20-17-14/h6-10H,2-5H2,1H3/t9-,10-. The Balaban J connectivity index is 1.78. The number of aromatic nitrogens is 1. The van der Waals surface area contributed by atoms with Crippen LogP contribution in [-0.2, 0) is 9.53 Å². The van der Waals surface area contributed by atoms with Gasteiger partial charge in [-0.15, -0.1) is 0 Å². The van der Waals surface area contributed by atoms with Crippen LogP contribution in [0.4, 0.5) is 4.39 Å². The van der Waals surface area contributed by atoms with Crippen molar-refractivity contribution in [2.45, 2.75) is 31.6 Å². The highest BCUT2D eigenvalue weighted by Gasteiger charge is 2.30. The van der Waals surface area contributed by atoms with E-state index in [0.29, 0.717) is 5.58 Å². The topological polar surface area (TPSA) is 52.3 Å². The number of carbonyl (C=O) groups is 1. The normalized spacial score (nSPS) is 22.9. The Morgan fingerprint density at radius 1 is 1.35 bits per heavy atom. The van der Waals surface area contributed by atoms with Gasteiger partial charge in [0.2, 0.25) is 0 Å². The maximum atomic E-state index is 13.1. The van der Waals surface area contributed by atoms with Gasteiger partial charge < -0.3 is 9.26 Å². The number of halogens is 1. The fraction of sp³-hybridized carbons (Fsp3) is 0.467. The van der Waals surface area contributed by atoms with Crippen LogP contribution in [0.25, 0.3) is 11.0 Å². The second kappa shape index (κ2) is 5.23. The second-order valence-electron chi connectivity index (χ2n) is 5.28. The lowest BCUT2D eigenvalue weighted by Gasteiger charge is -2.25. The van der Waals surface area contributed by atoms with Gasteiger partial charge in [0.1, 0.15) is 5.82 Å². The summed E-state index contributed by atoms with van der Waals surface area (Å²) in [6.45, 7) is 0. The number of methoxy groups -OCH3 is 1. The van der Waals surface area contributed by atoms with Gasteiger partial charge in [-0.3, -0.25) is 4.79 Å². The molecule has 106 valence electrons. The molecule has 1 heterocycles. The molecule has 0 unspecified atom stereocenters. The van der Waals surface area contributed by atoms with E-state index in [1.807, 2.05) is 0 Å². The molecule has 1 aliphatic carbocycles. The summed E-state index contributed by atoms with van der Waals surface area (Å²) < 4.78 is 23.1. The molecule has 0 atom stereocenters. The molecule has 0 amide bonds. The molecule has 0 spiro atoms. The van der Waals surface area contributed by atoms with Crippen LogP contribution >= 0.6 is 0 Å². The van der Waals surface area contributed by atoms with Crippen LogP contribution in [0.5, 0.6) is 0 Å². The number of esters is 1. The molecule has 2 aromatic rings. The largest absolute Gasteiger partial charge is 0.469 e. The van der Waals surface area contributed by atoms with Crippen molar-refractivity contribution in [3.05, 3.63) is 29.7 Å². The maximum Gasteiger partial charge on any atom is 0.308 e. The molecule has 0 N–H and O–H groups in total. The van der Waals surface area contributed by atoms with E-state index in [4.69, 9.17) is 9.26 Å². The Labute approximate surface area is 115 Å². The number of rotatable bonds is 2. The van der Waals surface area contributed by atoms with E-state index in [1.165, 1.54) is 19.2 Å². The minimum Gasteiger partial charge on any atom is -0.469 e. The monoisotopic (exact) mass is 277 g/mol. The van der Waals surface area contributed by atoms with Gasteiger partial charge >= 0.3 is 5.97 Å². The third-order valence-electron chi connectivity index (χ3n) is 4.11. The quantitative estimate of drug-likeness (QED) is 0.789. The third-order valence-corrected chi connectivity index (χ3v) is 4.11. The van der Waals surface area contributed by atoms with Gasteiger partial charge in [0.05, 0.1) is 18.7 Å². The van der Waals surface area contributed by atoms with Crippen molar-refractivity contribution >= 4 is 16.9 Å². The average Bonchev–Trinajstić information content (AvgIpc) is 2.89. The average molecular weight is 277 g/mol. The van der Waals surface area contributed by atoms with E-state index < -0.39 is 0 Å². The molecule has 0 saturated heterocycles. The zero-order valence-corrected chi connectivity index (χ0v) is 11.3. The molecule has 1 aliphatic rings. The van der Waals surface area contributed by atoms with Crippen molar-refractivity contribution in [2.75, 3.05) is 7.11 Å². The maximum absolute atomic E-state index is 13.1. The van der Waals surface area contributed by atoms with Crippen molar-refractivity contribution in [1.29, 1.82) is 0 Å². The summed E-state index contributed by atoms with van der Waals surface area (Å²) in [4.78, 5) is 11.5. The minimum absolute atomic E-state index is 0.00754. The van der Waals surface area contributed by atoms with Crippen LogP contribution in [0.1, 0.15) is 37.3 Å². The Morgan fingerprint density at radius 3 is 2.80 bits per heavy atom. The number of fused-ring (bicyclic) bond motifs is 1. The first-order chi connectivity index (χ1) is 9.69. The zero-order valence-electron chi connectivity index (χ0n) is 11.3. The van der Waals surface area contributed by atoms with E-state index in [2.05, 4.69) is 5.16 Å². The molecule has 0 aliphatic heterocycles. The molecular formula is C15H16FNO3. The van der Waals surface area contributed by atoms with Crippen molar-refractivity contribution < 1.29 is 18.4 Å². The van der Waals surface area contributed by atoms with Crippen LogP contribution in [0, 0.1) is 11.7 Å². The number of ether oxygens (including phenoxy) is 1. The second-order valence-corrected chi connectivity index (χ2v) is 5.28. The lowest BCUT2D eigenvalue weighted by Crippen LogP contribution is -2.22. The van der Waals surface area contributed by atoms with Crippen molar-refractivity contribution in [1.82, 2.24) is 5.16 Å². The summed E-state index contributed by atoms with van der Waals surface area (Å²) in [6, 6.07) is 4.48. The minimum atomic E-state index is -0.324. The molecule has 4 nitrogen and oxygen atoms in total. The van der Waals surface area contributed by atoms with E-state index in [-0.39, 0.29) is 23.6 Å². The van der Waals surface area contributed by atoms with Gasteiger partial charge in [-0.1, -0.05) is 5.16 Å². The number of hydrogen-bond acceptors (Lipinski definition) is 4. The number of benzene rings is 1. The Morgan fingerprint density at radius 2 is 2.10 bits per heavy atom. The summed E-state index contributed by atoms with van der Waals surface area (Å²) in [7, 11) is 1.42. The van der Waals surface area contributed by atoms with Crippen LogP contribution in [0.2, 0.25) is 0 Å². The fourth-order valence-corrected chi connectivity index (χ4v) is 2.99. The molecule has 0 radical (unpaired) electrons. The van der Waals surface area contributed by atoms with Gasteiger partial charge in [0.15, 0.2) is 5.58 Å². The predicted molar refractivity (Wildman–Crippen MR) is 70.7 cm³/mol. The van der Waals surface area contributed by atoms with Gasteiger partial charge in [-0.2, -0.15) is 0 Å². The van der Waals surface area contributed by atoms with Gasteiger partial charge in [-0.25, -0.2) is 4.39 Å². The van der Waals surface area contributed by atoms with E-state index in [0.717, 1.165) is 36.8 Å². The van der Waals surface area contributed by atoms with Crippen molar-refractivity contribution in [3.63, 3.8) is 0 Å². The van der Waals surface area contributed by atoms with Crippen LogP contribution in [-0.4, -0.2) is 18.2 Å². The first kappa shape index (κ1) is 13.1. The van der Waals surface area contributed by atoms with Crippen molar-refractivity contribution in [2.24, 2.45) is 5.92 Å². The van der Waals surface area contributed by atoms with Gasteiger partial charge in [0, 0.05) is 17.4 Å². The molecule has 1 saturated carbocycles. The molecule has 0 bridgehead atoms. The zero-order chi connectivity index (χ0) is 14.1. The summed E-state index contributed by atoms with van der Waals surface area (Å²) in [5.74, 6) is -0.195. The van der Waals surface area contributed by atoms with Crippen LogP contribution < -0.4 is 0 Å². The van der Waals surface area contributed by atoms with Crippen molar-refractivity contribution in [3.8, 4) is 0 Å². The molecule has 1 fully saturated rings. The summed E-state index contributed by atoms with van der Waals surface area (Å²) in [6.07, 6.45) is 3.34. The first-order valence-electron chi connectivity index (χ1n) is 6.81. The molecule has 5 heteroatoms. The lowest BCUT2D eigenvalue weighted by molar-refractivity contribution is -0.146. The number of carbonyl (C=O) groups excluding carboxylic acids is 1. The third kappa shape index (κ3) is 2.28. The van der Waals surface area contributed by atoms with E-state index in [1.54, 1.807) is 6.07 Å². The van der Waals surface area contributed by atoms with Crippen LogP contribution in [0.15, 0.2) is 22.7 Å². The molecule has 1 aromatic carbocycles. The van der Waals surface area contributed by atoms with Gasteiger partial charge in [0.25, 0.3) is 0 Å². The number of nitrogens with zero attached hydrogens (tertiary/aromatic N) is 1. The highest BCUT2D eigenvalue weighted by molar-refractivity contribution is 5.80. The molecular weight excluding hydrogens is 261 g/mol. The van der Waals surface area contributed by atoms with E-state index >= 15 is 0 Å². The number of hydrogen-bond donors (Lipinski definition) is 0. The highest BCUT2D eigenvalue weighted by atomic mass is 19.1. The Hall–Kier alpha value is -1.91. The fourth-order valence-electron chi connectivity index (χ4n) is 2.99. The predicted octanol–water partition coefficient (Wildman–Crippen LogP) is 3.41. The lowest BCUT2D eigenvalue weighted by atomic mass is 9.80. The Kier molecular flexibility index (Phi) is 3.42. The van der Waals surface area contributed by atoms with Crippen LogP contribution in [0.3, 0.4) is 0 Å². The first-order valence-corrected chi connectivity index (χ1v) is 6.81. The smallest absolute Gasteiger partial charge is 0.308 e. The molecule has 20 heavy (non-hydrogen) atoms.